The molecule has 0 aliphatic carbocycles. The van der Waals surface area contributed by atoms with Crippen LogP contribution in [0.2, 0.25) is 0 Å². The van der Waals surface area contributed by atoms with Gasteiger partial charge in [-0.05, 0) is 60.9 Å². The molecule has 1 aromatic carbocycles. The minimum atomic E-state index is 0.0600. The Morgan fingerprint density at radius 2 is 2.00 bits per heavy atom. The van der Waals surface area contributed by atoms with Crippen LogP contribution in [0, 0.1) is 13.8 Å². The lowest BCUT2D eigenvalue weighted by atomic mass is 10.0. The van der Waals surface area contributed by atoms with E-state index in [9.17, 15) is 9.90 Å². The SMILES string of the molecule is Cc1cc(C=CC(=O)CCc2ccco2)cc(C)c1O. The minimum absolute atomic E-state index is 0.0600. The molecule has 0 radical (unpaired) electrons. The number of hydrogen-bond acceptors (Lipinski definition) is 3. The van der Waals surface area contributed by atoms with Gasteiger partial charge in [-0.3, -0.25) is 4.79 Å². The molecule has 2 aromatic rings. The number of hydrogen-bond donors (Lipinski definition) is 1. The van der Waals surface area contributed by atoms with Crippen molar-refractivity contribution in [2.75, 3.05) is 0 Å². The molecule has 2 rings (SSSR count). The maximum Gasteiger partial charge on any atom is 0.156 e. The summed E-state index contributed by atoms with van der Waals surface area (Å²) in [5.74, 6) is 1.19. The van der Waals surface area contributed by atoms with E-state index in [0.717, 1.165) is 22.5 Å². The van der Waals surface area contributed by atoms with Crippen molar-refractivity contribution >= 4 is 11.9 Å². The minimum Gasteiger partial charge on any atom is -0.507 e. The van der Waals surface area contributed by atoms with E-state index in [-0.39, 0.29) is 5.78 Å². The number of phenolic OH excluding ortho intramolecular Hbond substituents is 1. The van der Waals surface area contributed by atoms with E-state index in [1.54, 1.807) is 18.4 Å². The number of aryl methyl sites for hydroxylation is 3. The number of carbonyl (C=O) groups is 1. The van der Waals surface area contributed by atoms with E-state index >= 15 is 0 Å². The predicted octanol–water partition coefficient (Wildman–Crippen LogP) is 3.82. The molecular formula is C17H18O3. The van der Waals surface area contributed by atoms with Gasteiger partial charge < -0.3 is 9.52 Å². The molecule has 0 saturated heterocycles. The Morgan fingerprint density at radius 3 is 2.60 bits per heavy atom. The fourth-order valence-electron chi connectivity index (χ4n) is 2.06. The highest BCUT2D eigenvalue weighted by Crippen LogP contribution is 2.23. The smallest absolute Gasteiger partial charge is 0.156 e. The number of allylic oxidation sites excluding steroid dienone is 1. The summed E-state index contributed by atoms with van der Waals surface area (Å²) in [5, 5.41) is 9.70. The van der Waals surface area contributed by atoms with Gasteiger partial charge in [-0.2, -0.15) is 0 Å². The first-order valence-electron chi connectivity index (χ1n) is 6.60. The number of ketones is 1. The summed E-state index contributed by atoms with van der Waals surface area (Å²) < 4.78 is 5.19. The van der Waals surface area contributed by atoms with Crippen LogP contribution in [0.25, 0.3) is 6.08 Å². The molecule has 104 valence electrons. The first-order chi connectivity index (χ1) is 9.56. The van der Waals surface area contributed by atoms with Crippen molar-refractivity contribution in [2.24, 2.45) is 0 Å². The highest BCUT2D eigenvalue weighted by Gasteiger charge is 2.03. The van der Waals surface area contributed by atoms with Crippen molar-refractivity contribution in [1.82, 2.24) is 0 Å². The molecule has 20 heavy (non-hydrogen) atoms. The monoisotopic (exact) mass is 270 g/mol. The number of rotatable bonds is 5. The first kappa shape index (κ1) is 14.1. The maximum absolute atomic E-state index is 11.8. The fraction of sp³-hybridized carbons (Fsp3) is 0.235. The molecule has 0 aliphatic rings. The largest absolute Gasteiger partial charge is 0.507 e. The number of carbonyl (C=O) groups excluding carboxylic acids is 1. The average molecular weight is 270 g/mol. The molecular weight excluding hydrogens is 252 g/mol. The van der Waals surface area contributed by atoms with Crippen molar-refractivity contribution in [3.8, 4) is 5.75 Å². The summed E-state index contributed by atoms with van der Waals surface area (Å²) in [6, 6.07) is 7.40. The van der Waals surface area contributed by atoms with Crippen LogP contribution >= 0.6 is 0 Å². The van der Waals surface area contributed by atoms with Crippen LogP contribution < -0.4 is 0 Å². The second kappa shape index (κ2) is 6.24. The zero-order chi connectivity index (χ0) is 14.5. The number of aromatic hydroxyl groups is 1. The van der Waals surface area contributed by atoms with Crippen molar-refractivity contribution in [3.05, 3.63) is 59.1 Å². The van der Waals surface area contributed by atoms with Crippen LogP contribution in [0.5, 0.6) is 5.75 Å². The average Bonchev–Trinajstić information content (AvgIpc) is 2.93. The normalized spacial score (nSPS) is 11.1. The highest BCUT2D eigenvalue weighted by atomic mass is 16.3. The van der Waals surface area contributed by atoms with E-state index in [1.807, 2.05) is 38.1 Å². The van der Waals surface area contributed by atoms with Crippen LogP contribution in [0.3, 0.4) is 0 Å². The molecule has 0 bridgehead atoms. The topological polar surface area (TPSA) is 50.4 Å². The number of phenols is 1. The summed E-state index contributed by atoms with van der Waals surface area (Å²) in [7, 11) is 0. The number of furan rings is 1. The predicted molar refractivity (Wildman–Crippen MR) is 78.7 cm³/mol. The van der Waals surface area contributed by atoms with Gasteiger partial charge in [-0.15, -0.1) is 0 Å². The molecule has 0 saturated carbocycles. The highest BCUT2D eigenvalue weighted by molar-refractivity contribution is 5.93. The Morgan fingerprint density at radius 1 is 1.30 bits per heavy atom. The molecule has 0 aliphatic heterocycles. The van der Waals surface area contributed by atoms with Gasteiger partial charge in [-0.1, -0.05) is 6.08 Å². The second-order valence-electron chi connectivity index (χ2n) is 4.88. The Balaban J connectivity index is 1.96. The van der Waals surface area contributed by atoms with Gasteiger partial charge in [0.25, 0.3) is 0 Å². The van der Waals surface area contributed by atoms with Crippen LogP contribution in [-0.4, -0.2) is 10.9 Å². The molecule has 0 fully saturated rings. The lowest BCUT2D eigenvalue weighted by molar-refractivity contribution is -0.114. The Bertz CT molecular complexity index is 599. The molecule has 0 unspecified atom stereocenters. The van der Waals surface area contributed by atoms with Crippen LogP contribution in [0.1, 0.15) is 28.9 Å². The third-order valence-corrected chi connectivity index (χ3v) is 3.17. The van der Waals surface area contributed by atoms with Crippen LogP contribution in [-0.2, 0) is 11.2 Å². The van der Waals surface area contributed by atoms with Crippen molar-refractivity contribution < 1.29 is 14.3 Å². The van der Waals surface area contributed by atoms with Crippen molar-refractivity contribution in [2.45, 2.75) is 26.7 Å². The molecule has 0 atom stereocenters. The summed E-state index contributed by atoms with van der Waals surface area (Å²) in [4.78, 5) is 11.8. The van der Waals surface area contributed by atoms with Crippen LogP contribution in [0.4, 0.5) is 0 Å². The van der Waals surface area contributed by atoms with Gasteiger partial charge in [-0.25, -0.2) is 0 Å². The molecule has 1 aromatic heterocycles. The summed E-state index contributed by atoms with van der Waals surface area (Å²) in [6.45, 7) is 3.69. The molecule has 0 spiro atoms. The Labute approximate surface area is 118 Å². The van der Waals surface area contributed by atoms with Crippen molar-refractivity contribution in [3.63, 3.8) is 0 Å². The van der Waals surface area contributed by atoms with Crippen molar-refractivity contribution in [1.29, 1.82) is 0 Å². The molecule has 0 amide bonds. The summed E-state index contributed by atoms with van der Waals surface area (Å²) >= 11 is 0. The molecule has 3 nitrogen and oxygen atoms in total. The first-order valence-corrected chi connectivity index (χ1v) is 6.60. The van der Waals surface area contributed by atoms with E-state index < -0.39 is 0 Å². The van der Waals surface area contributed by atoms with Gasteiger partial charge >= 0.3 is 0 Å². The molecule has 1 heterocycles. The standard InChI is InChI=1S/C17H18O3/c1-12-10-14(11-13(2)17(12)19)5-6-15(18)7-8-16-4-3-9-20-16/h3-6,9-11,19H,7-8H2,1-2H3. The summed E-state index contributed by atoms with van der Waals surface area (Å²) in [6.07, 6.45) is 6.01. The van der Waals surface area contributed by atoms with Gasteiger partial charge in [0.2, 0.25) is 0 Å². The van der Waals surface area contributed by atoms with Gasteiger partial charge in [0.05, 0.1) is 6.26 Å². The maximum atomic E-state index is 11.8. The number of benzene rings is 1. The fourth-order valence-corrected chi connectivity index (χ4v) is 2.06. The van der Waals surface area contributed by atoms with Crippen LogP contribution in [0.15, 0.2) is 41.0 Å². The molecule has 1 N–H and O–H groups in total. The summed E-state index contributed by atoms with van der Waals surface area (Å²) in [5.41, 5.74) is 2.55. The van der Waals surface area contributed by atoms with Gasteiger partial charge in [0.1, 0.15) is 11.5 Å². The quantitative estimate of drug-likeness (QED) is 0.840. The van der Waals surface area contributed by atoms with Gasteiger partial charge in [0.15, 0.2) is 5.78 Å². The zero-order valence-electron chi connectivity index (χ0n) is 11.7. The van der Waals surface area contributed by atoms with E-state index in [4.69, 9.17) is 4.42 Å². The Kier molecular flexibility index (Phi) is 4.41. The molecule has 3 heteroatoms. The lowest BCUT2D eigenvalue weighted by Crippen LogP contribution is -1.95. The Hall–Kier alpha value is -2.29. The third kappa shape index (κ3) is 3.60. The third-order valence-electron chi connectivity index (χ3n) is 3.17. The van der Waals surface area contributed by atoms with Gasteiger partial charge in [0, 0.05) is 12.8 Å². The zero-order valence-corrected chi connectivity index (χ0v) is 11.7. The second-order valence-corrected chi connectivity index (χ2v) is 4.88. The van der Waals surface area contributed by atoms with E-state index in [2.05, 4.69) is 0 Å². The van der Waals surface area contributed by atoms with E-state index in [1.165, 1.54) is 0 Å². The lowest BCUT2D eigenvalue weighted by Gasteiger charge is -2.04. The van der Waals surface area contributed by atoms with E-state index in [0.29, 0.717) is 18.6 Å².